The predicted octanol–water partition coefficient (Wildman–Crippen LogP) is 4.15. The Morgan fingerprint density at radius 1 is 1.18 bits per heavy atom. The van der Waals surface area contributed by atoms with Gasteiger partial charge in [0.2, 0.25) is 0 Å². The molecule has 0 bridgehead atoms. The number of nitrogens with zero attached hydrogens (tertiary/aromatic N) is 4. The number of aryl methyl sites for hydroxylation is 2. The van der Waals surface area contributed by atoms with Crippen LogP contribution in [0.5, 0.6) is 5.75 Å². The van der Waals surface area contributed by atoms with Crippen molar-refractivity contribution in [2.45, 2.75) is 33.8 Å². The van der Waals surface area contributed by atoms with E-state index < -0.39 is 12.1 Å². The first-order valence-electron chi connectivity index (χ1n) is 10.5. The van der Waals surface area contributed by atoms with Crippen molar-refractivity contribution in [3.63, 3.8) is 0 Å². The first kappa shape index (κ1) is 22.5. The summed E-state index contributed by atoms with van der Waals surface area (Å²) in [5, 5.41) is 5.24. The highest BCUT2D eigenvalue weighted by atomic mass is 35.5. The third kappa shape index (κ3) is 4.34. The molecular weight excluding hydrogens is 444 g/mol. The van der Waals surface area contributed by atoms with Gasteiger partial charge in [-0.3, -0.25) is 9.20 Å². The molecule has 0 spiro atoms. The van der Waals surface area contributed by atoms with Crippen LogP contribution >= 0.6 is 11.6 Å². The number of halogens is 1. The highest BCUT2D eigenvalue weighted by molar-refractivity contribution is 6.30. The minimum atomic E-state index is -0.843. The van der Waals surface area contributed by atoms with Crippen molar-refractivity contribution in [3.8, 4) is 22.7 Å². The summed E-state index contributed by atoms with van der Waals surface area (Å²) in [4.78, 5) is 30.0. The number of fused-ring (bicyclic) bond motifs is 1. The van der Waals surface area contributed by atoms with E-state index in [1.807, 2.05) is 25.1 Å². The van der Waals surface area contributed by atoms with Gasteiger partial charge in [-0.05, 0) is 64.1 Å². The average molecular weight is 467 g/mol. The Kier molecular flexibility index (Phi) is 6.20. The summed E-state index contributed by atoms with van der Waals surface area (Å²) in [5.74, 6) is -0.178. The summed E-state index contributed by atoms with van der Waals surface area (Å²) in [5.41, 5.74) is 3.04. The zero-order valence-corrected chi connectivity index (χ0v) is 19.5. The fraction of sp³-hybridized carbons (Fsp3) is 0.250. The molecular formula is C24H23ClN4O4. The van der Waals surface area contributed by atoms with Crippen LogP contribution in [-0.4, -0.2) is 37.8 Å². The second-order valence-electron chi connectivity index (χ2n) is 7.52. The minimum absolute atomic E-state index is 0.253. The van der Waals surface area contributed by atoms with Crippen LogP contribution in [0.2, 0.25) is 5.02 Å². The minimum Gasteiger partial charge on any atom is -0.475 e. The lowest BCUT2D eigenvalue weighted by Gasteiger charge is -2.15. The lowest BCUT2D eigenvalue weighted by molar-refractivity contribution is -0.150. The van der Waals surface area contributed by atoms with Crippen LogP contribution in [0.3, 0.4) is 0 Å². The molecule has 0 aliphatic carbocycles. The summed E-state index contributed by atoms with van der Waals surface area (Å²) in [6.45, 7) is 7.22. The normalized spacial score (nSPS) is 12.0. The molecule has 0 aliphatic heterocycles. The van der Waals surface area contributed by atoms with E-state index in [-0.39, 0.29) is 12.2 Å². The second kappa shape index (κ2) is 9.07. The maximum absolute atomic E-state index is 13.4. The van der Waals surface area contributed by atoms with Gasteiger partial charge in [0.15, 0.2) is 17.5 Å². The number of ether oxygens (including phenoxy) is 2. The van der Waals surface area contributed by atoms with Gasteiger partial charge in [0, 0.05) is 16.9 Å². The molecule has 1 aromatic carbocycles. The van der Waals surface area contributed by atoms with Gasteiger partial charge in [-0.25, -0.2) is 14.5 Å². The monoisotopic (exact) mass is 466 g/mol. The lowest BCUT2D eigenvalue weighted by Crippen LogP contribution is -2.27. The fourth-order valence-corrected chi connectivity index (χ4v) is 3.78. The van der Waals surface area contributed by atoms with E-state index in [1.54, 1.807) is 55.9 Å². The van der Waals surface area contributed by atoms with Gasteiger partial charge >= 0.3 is 5.97 Å². The summed E-state index contributed by atoms with van der Waals surface area (Å²) >= 11 is 6.13. The highest BCUT2D eigenvalue weighted by Gasteiger charge is 2.21. The summed E-state index contributed by atoms with van der Waals surface area (Å²) in [6, 6.07) is 12.5. The van der Waals surface area contributed by atoms with E-state index in [9.17, 15) is 9.59 Å². The highest BCUT2D eigenvalue weighted by Crippen LogP contribution is 2.25. The number of pyridine rings is 1. The molecule has 4 aromatic rings. The lowest BCUT2D eigenvalue weighted by atomic mass is 10.1. The average Bonchev–Trinajstić information content (AvgIpc) is 3.15. The van der Waals surface area contributed by atoms with E-state index in [0.29, 0.717) is 33.4 Å². The molecule has 0 unspecified atom stereocenters. The molecule has 0 radical (unpaired) electrons. The number of rotatable bonds is 6. The van der Waals surface area contributed by atoms with Crippen molar-refractivity contribution >= 4 is 23.2 Å². The zero-order chi connectivity index (χ0) is 23.7. The van der Waals surface area contributed by atoms with Gasteiger partial charge in [-0.15, -0.1) is 0 Å². The number of carbonyl (C=O) groups is 1. The van der Waals surface area contributed by atoms with Crippen LogP contribution in [0.25, 0.3) is 22.6 Å². The first-order valence-corrected chi connectivity index (χ1v) is 10.9. The SMILES string of the molecule is CCOC(=O)[C@H](C)Oc1cccn2c(=O)c(-c3cc(C)n(-c4cccc(Cl)c4)n3)c(C)nc12. The number of hydrogen-bond acceptors (Lipinski definition) is 6. The van der Waals surface area contributed by atoms with Gasteiger partial charge in [0.05, 0.1) is 23.6 Å². The van der Waals surface area contributed by atoms with Crippen molar-refractivity contribution in [2.75, 3.05) is 6.61 Å². The molecule has 33 heavy (non-hydrogen) atoms. The summed E-state index contributed by atoms with van der Waals surface area (Å²) < 4.78 is 13.9. The Morgan fingerprint density at radius 2 is 1.97 bits per heavy atom. The van der Waals surface area contributed by atoms with E-state index in [2.05, 4.69) is 10.1 Å². The number of hydrogen-bond donors (Lipinski definition) is 0. The molecule has 3 aromatic heterocycles. The third-order valence-electron chi connectivity index (χ3n) is 5.12. The number of aromatic nitrogens is 4. The Hall–Kier alpha value is -3.65. The molecule has 1 atom stereocenters. The Balaban J connectivity index is 1.79. The molecule has 8 nitrogen and oxygen atoms in total. The van der Waals surface area contributed by atoms with Gasteiger partial charge in [0.25, 0.3) is 5.56 Å². The van der Waals surface area contributed by atoms with Crippen LogP contribution < -0.4 is 10.3 Å². The van der Waals surface area contributed by atoms with Gasteiger partial charge in [0.1, 0.15) is 5.69 Å². The van der Waals surface area contributed by atoms with Crippen LogP contribution in [0.15, 0.2) is 53.5 Å². The Labute approximate surface area is 195 Å². The van der Waals surface area contributed by atoms with Crippen LogP contribution in [0.1, 0.15) is 25.2 Å². The van der Waals surface area contributed by atoms with E-state index in [4.69, 9.17) is 21.1 Å². The fourth-order valence-electron chi connectivity index (χ4n) is 3.59. The maximum Gasteiger partial charge on any atom is 0.347 e. The number of carbonyl (C=O) groups excluding carboxylic acids is 1. The van der Waals surface area contributed by atoms with Crippen LogP contribution in [0.4, 0.5) is 0 Å². The summed E-state index contributed by atoms with van der Waals surface area (Å²) in [7, 11) is 0. The quantitative estimate of drug-likeness (QED) is 0.397. The van der Waals surface area contributed by atoms with Crippen LogP contribution in [0, 0.1) is 13.8 Å². The molecule has 0 aliphatic rings. The Morgan fingerprint density at radius 3 is 2.70 bits per heavy atom. The zero-order valence-electron chi connectivity index (χ0n) is 18.7. The molecule has 170 valence electrons. The van der Waals surface area contributed by atoms with Crippen molar-refractivity contribution in [2.24, 2.45) is 0 Å². The molecule has 0 saturated heterocycles. The summed E-state index contributed by atoms with van der Waals surface area (Å²) in [6.07, 6.45) is 0.764. The number of benzene rings is 1. The van der Waals surface area contributed by atoms with Gasteiger partial charge < -0.3 is 9.47 Å². The molecule has 9 heteroatoms. The predicted molar refractivity (Wildman–Crippen MR) is 125 cm³/mol. The molecule has 4 rings (SSSR count). The van der Waals surface area contributed by atoms with Crippen molar-refractivity contribution in [1.82, 2.24) is 19.2 Å². The van der Waals surface area contributed by atoms with E-state index in [0.717, 1.165) is 11.4 Å². The van der Waals surface area contributed by atoms with E-state index in [1.165, 1.54) is 4.40 Å². The third-order valence-corrected chi connectivity index (χ3v) is 5.35. The van der Waals surface area contributed by atoms with Crippen molar-refractivity contribution < 1.29 is 14.3 Å². The molecule has 0 N–H and O–H groups in total. The number of esters is 1. The smallest absolute Gasteiger partial charge is 0.347 e. The van der Waals surface area contributed by atoms with E-state index >= 15 is 0 Å². The van der Waals surface area contributed by atoms with Gasteiger partial charge in [-0.1, -0.05) is 17.7 Å². The second-order valence-corrected chi connectivity index (χ2v) is 7.95. The molecule has 3 heterocycles. The molecule has 0 fully saturated rings. The maximum atomic E-state index is 13.4. The van der Waals surface area contributed by atoms with Crippen molar-refractivity contribution in [3.05, 3.63) is 75.4 Å². The van der Waals surface area contributed by atoms with Crippen LogP contribution in [-0.2, 0) is 9.53 Å². The molecule has 0 amide bonds. The first-order chi connectivity index (χ1) is 15.8. The van der Waals surface area contributed by atoms with Gasteiger partial charge in [-0.2, -0.15) is 5.10 Å². The van der Waals surface area contributed by atoms with Crippen molar-refractivity contribution in [1.29, 1.82) is 0 Å². The molecule has 0 saturated carbocycles. The largest absolute Gasteiger partial charge is 0.475 e. The standard InChI is InChI=1S/C24H23ClN4O4/c1-5-32-24(31)16(4)33-20-10-7-11-28-22(20)26-15(3)21(23(28)30)19-12-14(2)29(27-19)18-9-6-8-17(25)13-18/h6-13,16H,5H2,1-4H3/t16-/m0/s1. The topological polar surface area (TPSA) is 87.7 Å². The Bertz CT molecular complexity index is 1410.